The van der Waals surface area contributed by atoms with E-state index in [9.17, 15) is 14.7 Å². The van der Waals surface area contributed by atoms with Gasteiger partial charge in [-0.15, -0.1) is 0 Å². The number of likely N-dealkylation sites (tertiary alicyclic amines) is 1. The number of rotatable bonds is 4. The number of piperidine rings is 1. The predicted molar refractivity (Wildman–Crippen MR) is 96.3 cm³/mol. The molecular weight excluding hydrogens is 388 g/mol. The highest BCUT2D eigenvalue weighted by atomic mass is 79.9. The molecule has 3 rings (SSSR count). The van der Waals surface area contributed by atoms with E-state index in [0.717, 1.165) is 5.56 Å². The summed E-state index contributed by atoms with van der Waals surface area (Å²) in [6, 6.07) is 10.4. The Morgan fingerprint density at radius 3 is 2.44 bits per heavy atom. The van der Waals surface area contributed by atoms with Crippen LogP contribution in [0, 0.1) is 0 Å². The van der Waals surface area contributed by atoms with E-state index in [1.54, 1.807) is 29.2 Å². The Morgan fingerprint density at radius 1 is 1.16 bits per heavy atom. The third kappa shape index (κ3) is 4.70. The molecule has 7 heteroatoms. The van der Waals surface area contributed by atoms with Crippen LogP contribution in [0.1, 0.15) is 29.0 Å². The van der Waals surface area contributed by atoms with Crippen LogP contribution in [0.3, 0.4) is 0 Å². The second-order valence-electron chi connectivity index (χ2n) is 6.04. The minimum Gasteiger partial charge on any atom is -0.444 e. The van der Waals surface area contributed by atoms with Gasteiger partial charge in [-0.25, -0.2) is 0 Å². The standard InChI is InChI=1S/C18H19BrN2O4/c19-16-6-5-15(25-16)18(24)20-13-3-1-12(2-4-13)11-17(23)21-9-7-14(22)8-10-21/h1-6,14,22H,7-11H2,(H,20,24). The normalized spacial score (nSPS) is 15.2. The first-order valence-electron chi connectivity index (χ1n) is 8.13. The van der Waals surface area contributed by atoms with Crippen LogP contribution in [0.15, 0.2) is 45.5 Å². The fourth-order valence-corrected chi connectivity index (χ4v) is 3.04. The third-order valence-corrected chi connectivity index (χ3v) is 4.61. The lowest BCUT2D eigenvalue weighted by atomic mass is 10.1. The van der Waals surface area contributed by atoms with Gasteiger partial charge < -0.3 is 19.7 Å². The molecule has 1 aromatic carbocycles. The summed E-state index contributed by atoms with van der Waals surface area (Å²) in [6.45, 7) is 1.21. The zero-order valence-electron chi connectivity index (χ0n) is 13.6. The molecule has 0 unspecified atom stereocenters. The number of amides is 2. The first kappa shape index (κ1) is 17.7. The van der Waals surface area contributed by atoms with Crippen molar-refractivity contribution in [3.05, 3.63) is 52.4 Å². The fraction of sp³-hybridized carbons (Fsp3) is 0.333. The van der Waals surface area contributed by atoms with E-state index in [1.807, 2.05) is 12.1 Å². The number of nitrogens with zero attached hydrogens (tertiary/aromatic N) is 1. The van der Waals surface area contributed by atoms with Crippen LogP contribution < -0.4 is 5.32 Å². The second-order valence-corrected chi connectivity index (χ2v) is 6.83. The van der Waals surface area contributed by atoms with E-state index in [4.69, 9.17) is 4.42 Å². The monoisotopic (exact) mass is 406 g/mol. The molecule has 0 radical (unpaired) electrons. The number of carbonyl (C=O) groups is 2. The molecular formula is C18H19BrN2O4. The molecule has 0 bridgehead atoms. The maximum atomic E-state index is 12.3. The van der Waals surface area contributed by atoms with Crippen LogP contribution in [0.25, 0.3) is 0 Å². The van der Waals surface area contributed by atoms with Crippen LogP contribution in [0.4, 0.5) is 5.69 Å². The Balaban J connectivity index is 1.55. The van der Waals surface area contributed by atoms with Crippen LogP contribution in [-0.4, -0.2) is 41.0 Å². The van der Waals surface area contributed by atoms with Gasteiger partial charge in [-0.3, -0.25) is 9.59 Å². The molecule has 1 fully saturated rings. The molecule has 132 valence electrons. The van der Waals surface area contributed by atoms with Crippen molar-refractivity contribution in [3.63, 3.8) is 0 Å². The SMILES string of the molecule is O=C(Nc1ccc(CC(=O)N2CCC(O)CC2)cc1)c1ccc(Br)o1. The number of hydrogen-bond acceptors (Lipinski definition) is 4. The molecule has 1 aromatic heterocycles. The molecule has 2 aromatic rings. The molecule has 0 aliphatic carbocycles. The molecule has 2 amide bonds. The summed E-state index contributed by atoms with van der Waals surface area (Å²) < 4.78 is 5.70. The van der Waals surface area contributed by atoms with Crippen LogP contribution in [-0.2, 0) is 11.2 Å². The van der Waals surface area contributed by atoms with Gasteiger partial charge in [0.2, 0.25) is 5.91 Å². The van der Waals surface area contributed by atoms with Gasteiger partial charge in [-0.2, -0.15) is 0 Å². The summed E-state index contributed by atoms with van der Waals surface area (Å²) in [5, 5.41) is 12.2. The average molecular weight is 407 g/mol. The van der Waals surface area contributed by atoms with E-state index in [0.29, 0.717) is 42.7 Å². The number of benzene rings is 1. The summed E-state index contributed by atoms with van der Waals surface area (Å²) >= 11 is 3.16. The Morgan fingerprint density at radius 2 is 1.84 bits per heavy atom. The number of carbonyl (C=O) groups excluding carboxylic acids is 2. The number of anilines is 1. The van der Waals surface area contributed by atoms with E-state index in [2.05, 4.69) is 21.2 Å². The smallest absolute Gasteiger partial charge is 0.291 e. The van der Waals surface area contributed by atoms with Gasteiger partial charge in [0.05, 0.1) is 12.5 Å². The zero-order valence-corrected chi connectivity index (χ0v) is 15.2. The molecule has 2 N–H and O–H groups in total. The molecule has 6 nitrogen and oxygen atoms in total. The molecule has 0 atom stereocenters. The van der Waals surface area contributed by atoms with Gasteiger partial charge in [0, 0.05) is 18.8 Å². The number of halogens is 1. The quantitative estimate of drug-likeness (QED) is 0.817. The molecule has 25 heavy (non-hydrogen) atoms. The molecule has 0 spiro atoms. The first-order valence-corrected chi connectivity index (χ1v) is 8.92. The minimum atomic E-state index is -0.332. The highest BCUT2D eigenvalue weighted by molar-refractivity contribution is 9.10. The molecule has 1 aliphatic heterocycles. The van der Waals surface area contributed by atoms with Crippen molar-refractivity contribution in [1.82, 2.24) is 4.90 Å². The summed E-state index contributed by atoms with van der Waals surface area (Å²) in [7, 11) is 0. The lowest BCUT2D eigenvalue weighted by Crippen LogP contribution is -2.40. The van der Waals surface area contributed by atoms with Crippen LogP contribution in [0.2, 0.25) is 0 Å². The Kier molecular flexibility index (Phi) is 5.55. The summed E-state index contributed by atoms with van der Waals surface area (Å²) in [5.74, 6) is -0.0519. The third-order valence-electron chi connectivity index (χ3n) is 4.18. The van der Waals surface area contributed by atoms with Gasteiger partial charge in [0.1, 0.15) is 0 Å². The van der Waals surface area contributed by atoms with Gasteiger partial charge in [-0.05, 0) is 58.6 Å². The number of hydrogen-bond donors (Lipinski definition) is 2. The Bertz CT molecular complexity index is 749. The number of furan rings is 1. The molecule has 0 saturated carbocycles. The molecule has 1 aliphatic rings. The highest BCUT2D eigenvalue weighted by Gasteiger charge is 2.21. The van der Waals surface area contributed by atoms with Crippen LogP contribution >= 0.6 is 15.9 Å². The van der Waals surface area contributed by atoms with Crippen molar-refractivity contribution in [3.8, 4) is 0 Å². The summed E-state index contributed by atoms with van der Waals surface area (Å²) in [4.78, 5) is 26.1. The van der Waals surface area contributed by atoms with E-state index in [-0.39, 0.29) is 23.7 Å². The molecule has 2 heterocycles. The second kappa shape index (κ2) is 7.84. The average Bonchev–Trinajstić information content (AvgIpc) is 3.04. The van der Waals surface area contributed by atoms with Crippen molar-refractivity contribution in [2.45, 2.75) is 25.4 Å². The molecule has 1 saturated heterocycles. The van der Waals surface area contributed by atoms with Crippen LogP contribution in [0.5, 0.6) is 0 Å². The van der Waals surface area contributed by atoms with Crippen molar-refractivity contribution in [1.29, 1.82) is 0 Å². The Labute approximate surface area is 153 Å². The topological polar surface area (TPSA) is 82.8 Å². The van der Waals surface area contributed by atoms with Gasteiger partial charge in [0.15, 0.2) is 10.4 Å². The lowest BCUT2D eigenvalue weighted by Gasteiger charge is -2.29. The Hall–Kier alpha value is -2.12. The zero-order chi connectivity index (χ0) is 17.8. The number of aliphatic hydroxyl groups excluding tert-OH is 1. The van der Waals surface area contributed by atoms with Gasteiger partial charge in [-0.1, -0.05) is 12.1 Å². The maximum absolute atomic E-state index is 12.3. The fourth-order valence-electron chi connectivity index (χ4n) is 2.74. The van der Waals surface area contributed by atoms with Gasteiger partial charge >= 0.3 is 0 Å². The predicted octanol–water partition coefficient (Wildman–Crippen LogP) is 2.82. The summed E-state index contributed by atoms with van der Waals surface area (Å²) in [6.07, 6.45) is 1.30. The van der Waals surface area contributed by atoms with Crippen molar-refractivity contribution < 1.29 is 19.1 Å². The summed E-state index contributed by atoms with van der Waals surface area (Å²) in [5.41, 5.74) is 1.52. The minimum absolute atomic E-state index is 0.0594. The number of nitrogens with one attached hydrogen (secondary N) is 1. The van der Waals surface area contributed by atoms with Crippen molar-refractivity contribution >= 4 is 33.4 Å². The van der Waals surface area contributed by atoms with E-state index in [1.165, 1.54) is 0 Å². The van der Waals surface area contributed by atoms with E-state index >= 15 is 0 Å². The first-order chi connectivity index (χ1) is 12.0. The highest BCUT2D eigenvalue weighted by Crippen LogP contribution is 2.17. The van der Waals surface area contributed by atoms with Crippen molar-refractivity contribution in [2.24, 2.45) is 0 Å². The lowest BCUT2D eigenvalue weighted by molar-refractivity contribution is -0.132. The van der Waals surface area contributed by atoms with Gasteiger partial charge in [0.25, 0.3) is 5.91 Å². The number of aliphatic hydroxyl groups is 1. The van der Waals surface area contributed by atoms with Crippen molar-refractivity contribution in [2.75, 3.05) is 18.4 Å². The largest absolute Gasteiger partial charge is 0.444 e. The maximum Gasteiger partial charge on any atom is 0.291 e. The van der Waals surface area contributed by atoms with E-state index < -0.39 is 0 Å².